The molecule has 0 bridgehead atoms. The number of ether oxygens (including phenoxy) is 1. The quantitative estimate of drug-likeness (QED) is 0.431. The number of carbonyl (C=O) groups excluding carboxylic acids is 3. The Hall–Kier alpha value is -3.55. The Morgan fingerprint density at radius 3 is 2.27 bits per heavy atom. The predicted octanol–water partition coefficient (Wildman–Crippen LogP) is 4.64. The summed E-state index contributed by atoms with van der Waals surface area (Å²) in [6.07, 6.45) is 1.15. The number of likely N-dealkylation sites (N-methyl/N-ethyl adjacent to an activating group) is 1. The van der Waals surface area contributed by atoms with Crippen LogP contribution in [-0.2, 0) is 20.7 Å². The van der Waals surface area contributed by atoms with Gasteiger partial charge in [0.25, 0.3) is 0 Å². The standard InChI is InChI=1S/C29H41N3O5/c1-8-10-20(3)30-26(34)25(22-12-9-11-19(2)17-22)32(7)27(35)24(31-28(36)37-29(4,5)6)18-21-13-15-23(33)16-14-21/h9,11-17,20,24-25,33H,8,10,18H2,1-7H3,(H,30,34)(H,31,36). The molecule has 2 aromatic rings. The van der Waals surface area contributed by atoms with Crippen molar-refractivity contribution >= 4 is 17.9 Å². The summed E-state index contributed by atoms with van der Waals surface area (Å²) in [6, 6.07) is 11.9. The number of rotatable bonds is 10. The SMILES string of the molecule is CCCC(C)NC(=O)C(c1cccc(C)c1)N(C)C(=O)C(Cc1ccc(O)cc1)NC(=O)OC(C)(C)C. The van der Waals surface area contributed by atoms with Gasteiger partial charge in [0.2, 0.25) is 11.8 Å². The van der Waals surface area contributed by atoms with Gasteiger partial charge in [-0.1, -0.05) is 55.3 Å². The first-order valence-corrected chi connectivity index (χ1v) is 12.7. The van der Waals surface area contributed by atoms with Crippen LogP contribution in [0.4, 0.5) is 4.79 Å². The molecule has 0 aromatic heterocycles. The second-order valence-corrected chi connectivity index (χ2v) is 10.5. The van der Waals surface area contributed by atoms with Gasteiger partial charge in [0.1, 0.15) is 23.4 Å². The lowest BCUT2D eigenvalue weighted by molar-refractivity contribution is -0.141. The average Bonchev–Trinajstić information content (AvgIpc) is 2.78. The van der Waals surface area contributed by atoms with Crippen LogP contribution in [0.15, 0.2) is 48.5 Å². The van der Waals surface area contributed by atoms with Crippen LogP contribution in [0.3, 0.4) is 0 Å². The highest BCUT2D eigenvalue weighted by molar-refractivity contribution is 5.92. The molecule has 0 saturated carbocycles. The molecule has 3 amide bonds. The van der Waals surface area contributed by atoms with Gasteiger partial charge in [-0.3, -0.25) is 9.59 Å². The fourth-order valence-corrected chi connectivity index (χ4v) is 4.11. The number of phenols is 1. The molecule has 0 spiro atoms. The highest BCUT2D eigenvalue weighted by Gasteiger charge is 2.34. The highest BCUT2D eigenvalue weighted by atomic mass is 16.6. The zero-order chi connectivity index (χ0) is 27.8. The summed E-state index contributed by atoms with van der Waals surface area (Å²) >= 11 is 0. The molecular formula is C29H41N3O5. The number of nitrogens with zero attached hydrogens (tertiary/aromatic N) is 1. The minimum atomic E-state index is -1.00. The van der Waals surface area contributed by atoms with Crippen molar-refractivity contribution in [2.24, 2.45) is 0 Å². The van der Waals surface area contributed by atoms with Gasteiger partial charge >= 0.3 is 6.09 Å². The van der Waals surface area contributed by atoms with E-state index in [1.165, 1.54) is 17.0 Å². The normalized spacial score (nSPS) is 13.7. The molecule has 3 unspecified atom stereocenters. The van der Waals surface area contributed by atoms with E-state index in [4.69, 9.17) is 4.74 Å². The lowest BCUT2D eigenvalue weighted by atomic mass is 9.99. The number of nitrogens with one attached hydrogen (secondary N) is 2. The first kappa shape index (κ1) is 29.7. The van der Waals surface area contributed by atoms with Gasteiger partial charge in [-0.2, -0.15) is 0 Å². The summed E-state index contributed by atoms with van der Waals surface area (Å²) in [5, 5.41) is 15.4. The molecule has 0 aliphatic carbocycles. The molecule has 2 aromatic carbocycles. The number of hydrogen-bond acceptors (Lipinski definition) is 5. The Kier molecular flexibility index (Phi) is 10.5. The van der Waals surface area contributed by atoms with Crippen molar-refractivity contribution in [3.05, 3.63) is 65.2 Å². The third-order valence-corrected chi connectivity index (χ3v) is 5.82. The van der Waals surface area contributed by atoms with Crippen LogP contribution < -0.4 is 10.6 Å². The zero-order valence-electron chi connectivity index (χ0n) is 23.0. The van der Waals surface area contributed by atoms with Crippen molar-refractivity contribution in [3.8, 4) is 5.75 Å². The summed E-state index contributed by atoms with van der Waals surface area (Å²) in [5.41, 5.74) is 1.62. The minimum absolute atomic E-state index is 0.0546. The van der Waals surface area contributed by atoms with E-state index in [2.05, 4.69) is 10.6 Å². The fraction of sp³-hybridized carbons (Fsp3) is 0.483. The van der Waals surface area contributed by atoms with E-state index < -0.39 is 29.7 Å². The Labute approximate surface area is 220 Å². The zero-order valence-corrected chi connectivity index (χ0v) is 23.0. The van der Waals surface area contributed by atoms with E-state index in [0.29, 0.717) is 5.56 Å². The van der Waals surface area contributed by atoms with Gasteiger partial charge in [0.05, 0.1) is 0 Å². The van der Waals surface area contributed by atoms with Gasteiger partial charge in [-0.25, -0.2) is 4.79 Å². The second kappa shape index (κ2) is 13.1. The summed E-state index contributed by atoms with van der Waals surface area (Å²) < 4.78 is 5.40. The fourth-order valence-electron chi connectivity index (χ4n) is 4.11. The number of carbonyl (C=O) groups is 3. The van der Waals surface area contributed by atoms with Crippen LogP contribution >= 0.6 is 0 Å². The average molecular weight is 512 g/mol. The molecule has 37 heavy (non-hydrogen) atoms. The summed E-state index contributed by atoms with van der Waals surface area (Å²) in [5.74, 6) is -0.631. The van der Waals surface area contributed by atoms with E-state index in [1.807, 2.05) is 45.0 Å². The lowest BCUT2D eigenvalue weighted by Gasteiger charge is -2.32. The van der Waals surface area contributed by atoms with Crippen LogP contribution in [0, 0.1) is 6.92 Å². The van der Waals surface area contributed by atoms with Gasteiger partial charge in [0.15, 0.2) is 0 Å². The van der Waals surface area contributed by atoms with E-state index >= 15 is 0 Å². The molecular weight excluding hydrogens is 470 g/mol. The Morgan fingerprint density at radius 2 is 1.70 bits per heavy atom. The number of benzene rings is 2. The molecule has 3 N–H and O–H groups in total. The van der Waals surface area contributed by atoms with Crippen LogP contribution in [0.25, 0.3) is 0 Å². The van der Waals surface area contributed by atoms with Crippen LogP contribution in [0.2, 0.25) is 0 Å². The number of aryl methyl sites for hydroxylation is 1. The molecule has 0 heterocycles. The number of alkyl carbamates (subject to hydrolysis) is 1. The number of phenolic OH excluding ortho intramolecular Hbond substituents is 1. The molecule has 8 heteroatoms. The molecule has 0 aliphatic rings. The second-order valence-electron chi connectivity index (χ2n) is 10.5. The van der Waals surface area contributed by atoms with E-state index in [0.717, 1.165) is 24.0 Å². The Bertz CT molecular complexity index is 1060. The maximum Gasteiger partial charge on any atom is 0.408 e. The minimum Gasteiger partial charge on any atom is -0.508 e. The molecule has 0 radical (unpaired) electrons. The topological polar surface area (TPSA) is 108 Å². The largest absolute Gasteiger partial charge is 0.508 e. The third-order valence-electron chi connectivity index (χ3n) is 5.82. The molecule has 0 saturated heterocycles. The third kappa shape index (κ3) is 9.44. The highest BCUT2D eigenvalue weighted by Crippen LogP contribution is 2.23. The van der Waals surface area contributed by atoms with E-state index in [1.54, 1.807) is 40.0 Å². The van der Waals surface area contributed by atoms with Gasteiger partial charge in [-0.05, 0) is 64.3 Å². The maximum absolute atomic E-state index is 13.9. The monoisotopic (exact) mass is 511 g/mol. The van der Waals surface area contributed by atoms with Crippen molar-refractivity contribution in [1.82, 2.24) is 15.5 Å². The Morgan fingerprint density at radius 1 is 1.05 bits per heavy atom. The first-order valence-electron chi connectivity index (χ1n) is 12.7. The molecule has 3 atom stereocenters. The number of amides is 3. The van der Waals surface area contributed by atoms with Crippen molar-refractivity contribution in [1.29, 1.82) is 0 Å². The molecule has 202 valence electrons. The van der Waals surface area contributed by atoms with Gasteiger partial charge in [-0.15, -0.1) is 0 Å². The first-order chi connectivity index (χ1) is 17.3. The van der Waals surface area contributed by atoms with Gasteiger partial charge < -0.3 is 25.4 Å². The Balaban J connectivity index is 2.41. The maximum atomic E-state index is 13.9. The van der Waals surface area contributed by atoms with Gasteiger partial charge in [0, 0.05) is 19.5 Å². The smallest absolute Gasteiger partial charge is 0.408 e. The van der Waals surface area contributed by atoms with Crippen molar-refractivity contribution in [3.63, 3.8) is 0 Å². The molecule has 0 aliphatic heterocycles. The van der Waals surface area contributed by atoms with Crippen molar-refractivity contribution in [2.75, 3.05) is 7.05 Å². The van der Waals surface area contributed by atoms with E-state index in [-0.39, 0.29) is 24.1 Å². The summed E-state index contributed by atoms with van der Waals surface area (Å²) in [6.45, 7) is 11.1. The number of hydrogen-bond donors (Lipinski definition) is 3. The molecule has 8 nitrogen and oxygen atoms in total. The molecule has 0 fully saturated rings. The number of aromatic hydroxyl groups is 1. The summed E-state index contributed by atoms with van der Waals surface area (Å²) in [7, 11) is 1.57. The van der Waals surface area contributed by atoms with Crippen molar-refractivity contribution < 1.29 is 24.2 Å². The van der Waals surface area contributed by atoms with Crippen LogP contribution in [-0.4, -0.2) is 52.6 Å². The van der Waals surface area contributed by atoms with Crippen LogP contribution in [0.1, 0.15) is 70.2 Å². The van der Waals surface area contributed by atoms with Crippen LogP contribution in [0.5, 0.6) is 5.75 Å². The molecule has 2 rings (SSSR count). The lowest BCUT2D eigenvalue weighted by Crippen LogP contribution is -2.53. The van der Waals surface area contributed by atoms with E-state index in [9.17, 15) is 19.5 Å². The summed E-state index contributed by atoms with van der Waals surface area (Å²) in [4.78, 5) is 41.4. The van der Waals surface area contributed by atoms with Crippen molar-refractivity contribution in [2.45, 2.75) is 84.5 Å². The predicted molar refractivity (Wildman–Crippen MR) is 144 cm³/mol.